The lowest BCUT2D eigenvalue weighted by Gasteiger charge is -2.23. The summed E-state index contributed by atoms with van der Waals surface area (Å²) in [6.07, 6.45) is 3.55. The molecule has 12 heavy (non-hydrogen) atoms. The Labute approximate surface area is 74.4 Å². The first-order chi connectivity index (χ1) is 5.51. The third-order valence-corrected chi connectivity index (χ3v) is 2.68. The third-order valence-electron chi connectivity index (χ3n) is 2.68. The number of hydrogen-bond acceptors (Lipinski definition) is 1. The van der Waals surface area contributed by atoms with E-state index in [1.165, 1.54) is 6.42 Å². The molecule has 1 rings (SSSR count). The van der Waals surface area contributed by atoms with Crippen molar-refractivity contribution in [2.24, 2.45) is 11.1 Å². The lowest BCUT2D eigenvalue weighted by molar-refractivity contribution is 0.313. The number of guanidine groups is 1. The molecule has 3 heteroatoms. The first kappa shape index (κ1) is 9.36. The summed E-state index contributed by atoms with van der Waals surface area (Å²) in [5, 5.41) is 7.32. The Kier molecular flexibility index (Phi) is 2.60. The highest BCUT2D eigenvalue weighted by atomic mass is 15.2. The highest BCUT2D eigenvalue weighted by Gasteiger charge is 2.23. The number of rotatable bonds is 0. The number of likely N-dealkylation sites (tertiary alicyclic amines) is 1. The Morgan fingerprint density at radius 3 is 2.58 bits per heavy atom. The Bertz CT molecular complexity index is 175. The largest absolute Gasteiger partial charge is 0.370 e. The Balaban J connectivity index is 2.50. The maximum atomic E-state index is 7.32. The summed E-state index contributed by atoms with van der Waals surface area (Å²) in [4.78, 5) is 1.97. The molecule has 3 nitrogen and oxygen atoms in total. The van der Waals surface area contributed by atoms with Crippen molar-refractivity contribution < 1.29 is 0 Å². The van der Waals surface area contributed by atoms with Gasteiger partial charge in [-0.15, -0.1) is 0 Å². The van der Waals surface area contributed by atoms with Crippen molar-refractivity contribution in [3.05, 3.63) is 0 Å². The van der Waals surface area contributed by atoms with Crippen LogP contribution in [0.3, 0.4) is 0 Å². The predicted molar refractivity (Wildman–Crippen MR) is 51.1 cm³/mol. The van der Waals surface area contributed by atoms with Gasteiger partial charge >= 0.3 is 0 Å². The van der Waals surface area contributed by atoms with Crippen molar-refractivity contribution in [1.29, 1.82) is 5.41 Å². The molecule has 0 bridgehead atoms. The fraction of sp³-hybridized carbons (Fsp3) is 0.889. The van der Waals surface area contributed by atoms with Crippen LogP contribution in [0.5, 0.6) is 0 Å². The second-order valence-electron chi connectivity index (χ2n) is 4.39. The predicted octanol–water partition coefficient (Wildman–Crippen LogP) is 1.39. The molecule has 0 aromatic rings. The molecule has 0 spiro atoms. The summed E-state index contributed by atoms with van der Waals surface area (Å²) in [7, 11) is 0. The summed E-state index contributed by atoms with van der Waals surface area (Å²) < 4.78 is 0. The average molecular weight is 169 g/mol. The first-order valence-corrected chi connectivity index (χ1v) is 4.60. The van der Waals surface area contributed by atoms with Gasteiger partial charge in [-0.1, -0.05) is 13.8 Å². The fourth-order valence-corrected chi connectivity index (χ4v) is 1.66. The topological polar surface area (TPSA) is 53.1 Å². The van der Waals surface area contributed by atoms with E-state index in [2.05, 4.69) is 13.8 Å². The van der Waals surface area contributed by atoms with Gasteiger partial charge in [-0.3, -0.25) is 5.41 Å². The van der Waals surface area contributed by atoms with Gasteiger partial charge in [0.05, 0.1) is 0 Å². The normalized spacial score (nSPS) is 23.3. The van der Waals surface area contributed by atoms with Gasteiger partial charge < -0.3 is 10.6 Å². The second kappa shape index (κ2) is 3.33. The molecular weight excluding hydrogens is 150 g/mol. The minimum atomic E-state index is 0.229. The van der Waals surface area contributed by atoms with Crippen molar-refractivity contribution >= 4 is 5.96 Å². The van der Waals surface area contributed by atoms with Crippen LogP contribution in [0.15, 0.2) is 0 Å². The van der Waals surface area contributed by atoms with Crippen LogP contribution in [0.4, 0.5) is 0 Å². The van der Waals surface area contributed by atoms with Gasteiger partial charge in [0.25, 0.3) is 0 Å². The molecule has 0 amide bonds. The number of nitrogens with one attached hydrogen (secondary N) is 1. The quantitative estimate of drug-likeness (QED) is 0.425. The minimum absolute atomic E-state index is 0.229. The first-order valence-electron chi connectivity index (χ1n) is 4.60. The van der Waals surface area contributed by atoms with Crippen molar-refractivity contribution in [2.75, 3.05) is 13.1 Å². The van der Waals surface area contributed by atoms with E-state index in [0.29, 0.717) is 5.41 Å². The van der Waals surface area contributed by atoms with E-state index in [-0.39, 0.29) is 5.96 Å². The van der Waals surface area contributed by atoms with Gasteiger partial charge in [0.1, 0.15) is 0 Å². The molecule has 0 aromatic carbocycles. The van der Waals surface area contributed by atoms with E-state index < -0.39 is 0 Å². The van der Waals surface area contributed by atoms with Gasteiger partial charge in [0.2, 0.25) is 0 Å². The van der Waals surface area contributed by atoms with E-state index in [0.717, 1.165) is 25.9 Å². The number of hydrogen-bond donors (Lipinski definition) is 2. The number of nitrogens with two attached hydrogens (primary N) is 1. The smallest absolute Gasteiger partial charge is 0.188 e. The molecule has 3 N–H and O–H groups in total. The maximum Gasteiger partial charge on any atom is 0.188 e. The molecule has 0 aromatic heterocycles. The number of nitrogens with zero attached hydrogens (tertiary/aromatic N) is 1. The zero-order valence-electron chi connectivity index (χ0n) is 8.06. The Hall–Kier alpha value is -0.730. The van der Waals surface area contributed by atoms with Crippen molar-refractivity contribution in [3.63, 3.8) is 0 Å². The molecular formula is C9H19N3. The van der Waals surface area contributed by atoms with E-state index >= 15 is 0 Å². The monoisotopic (exact) mass is 169 g/mol. The van der Waals surface area contributed by atoms with Gasteiger partial charge in [-0.25, -0.2) is 0 Å². The van der Waals surface area contributed by atoms with Crippen LogP contribution in [0.2, 0.25) is 0 Å². The van der Waals surface area contributed by atoms with Crippen LogP contribution in [0.25, 0.3) is 0 Å². The van der Waals surface area contributed by atoms with Crippen LogP contribution in [0, 0.1) is 10.8 Å². The third kappa shape index (κ3) is 2.40. The van der Waals surface area contributed by atoms with E-state index in [9.17, 15) is 0 Å². The summed E-state index contributed by atoms with van der Waals surface area (Å²) in [5.74, 6) is 0.229. The van der Waals surface area contributed by atoms with Gasteiger partial charge in [-0.2, -0.15) is 0 Å². The molecule has 0 atom stereocenters. The van der Waals surface area contributed by atoms with Crippen LogP contribution >= 0.6 is 0 Å². The highest BCUT2D eigenvalue weighted by molar-refractivity contribution is 5.74. The zero-order valence-corrected chi connectivity index (χ0v) is 8.06. The van der Waals surface area contributed by atoms with Crippen molar-refractivity contribution in [3.8, 4) is 0 Å². The molecule has 1 fully saturated rings. The lowest BCUT2D eigenvalue weighted by atomic mass is 9.85. The Morgan fingerprint density at radius 1 is 1.33 bits per heavy atom. The van der Waals surface area contributed by atoms with Gasteiger partial charge in [0.15, 0.2) is 5.96 Å². The fourth-order valence-electron chi connectivity index (χ4n) is 1.66. The molecule has 0 aliphatic carbocycles. The average Bonchev–Trinajstić information content (AvgIpc) is 2.10. The highest BCUT2D eigenvalue weighted by Crippen LogP contribution is 2.29. The van der Waals surface area contributed by atoms with Crippen molar-refractivity contribution in [2.45, 2.75) is 33.1 Å². The van der Waals surface area contributed by atoms with E-state index in [1.807, 2.05) is 4.90 Å². The summed E-state index contributed by atoms with van der Waals surface area (Å²) in [6.45, 7) is 6.48. The minimum Gasteiger partial charge on any atom is -0.370 e. The van der Waals surface area contributed by atoms with E-state index in [4.69, 9.17) is 11.1 Å². The van der Waals surface area contributed by atoms with Crippen molar-refractivity contribution in [1.82, 2.24) is 4.90 Å². The zero-order chi connectivity index (χ0) is 9.19. The molecule has 0 unspecified atom stereocenters. The van der Waals surface area contributed by atoms with Gasteiger partial charge in [0, 0.05) is 13.1 Å². The summed E-state index contributed by atoms with van der Waals surface area (Å²) in [5.41, 5.74) is 5.87. The molecule has 70 valence electrons. The second-order valence-corrected chi connectivity index (χ2v) is 4.39. The Morgan fingerprint density at radius 2 is 2.00 bits per heavy atom. The molecule has 1 heterocycles. The summed E-state index contributed by atoms with van der Waals surface area (Å²) >= 11 is 0. The van der Waals surface area contributed by atoms with Gasteiger partial charge in [-0.05, 0) is 24.7 Å². The van der Waals surface area contributed by atoms with Crippen LogP contribution < -0.4 is 5.73 Å². The SMILES string of the molecule is CC1(C)CCCN(C(=N)N)CC1. The van der Waals surface area contributed by atoms with Crippen LogP contribution in [-0.4, -0.2) is 23.9 Å². The molecule has 1 saturated heterocycles. The molecule has 0 saturated carbocycles. The molecule has 1 aliphatic heterocycles. The lowest BCUT2D eigenvalue weighted by Crippen LogP contribution is -2.37. The summed E-state index contributed by atoms with van der Waals surface area (Å²) in [6, 6.07) is 0. The maximum absolute atomic E-state index is 7.32. The molecule has 0 radical (unpaired) electrons. The van der Waals surface area contributed by atoms with Crippen LogP contribution in [-0.2, 0) is 0 Å². The standard InChI is InChI=1S/C9H19N3/c1-9(2)4-3-6-12(7-5-9)8(10)11/h3-7H2,1-2H3,(H3,10,11). The molecule has 1 aliphatic rings. The van der Waals surface area contributed by atoms with Crippen LogP contribution in [0.1, 0.15) is 33.1 Å². The van der Waals surface area contributed by atoms with E-state index in [1.54, 1.807) is 0 Å².